The molecule has 0 bridgehead atoms. The summed E-state index contributed by atoms with van der Waals surface area (Å²) in [6.07, 6.45) is 0.485. The molecule has 3 aromatic rings. The lowest BCUT2D eigenvalue weighted by atomic mass is 10.1. The predicted molar refractivity (Wildman–Crippen MR) is 102 cm³/mol. The Balaban J connectivity index is 1.76. The molecular formula is C17H13ClN4O4S. The molecular weight excluding hydrogens is 392 g/mol. The molecule has 0 saturated heterocycles. The third-order valence-electron chi connectivity index (χ3n) is 3.62. The first-order valence-corrected chi connectivity index (χ1v) is 8.87. The molecule has 0 radical (unpaired) electrons. The normalized spacial score (nSPS) is 10.4. The van der Waals surface area contributed by atoms with Crippen molar-refractivity contribution in [3.8, 4) is 5.75 Å². The molecule has 0 fully saturated rings. The van der Waals surface area contributed by atoms with Crippen LogP contribution in [0, 0.1) is 10.1 Å². The number of nitro benzene ring substituents is 1. The summed E-state index contributed by atoms with van der Waals surface area (Å²) in [7, 11) is 1.59. The predicted octanol–water partition coefficient (Wildman–Crippen LogP) is 3.95. The number of ether oxygens (including phenoxy) is 1. The topological polar surface area (TPSA) is 107 Å². The van der Waals surface area contributed by atoms with E-state index in [2.05, 4.69) is 15.5 Å². The van der Waals surface area contributed by atoms with Crippen LogP contribution in [0.1, 0.15) is 20.9 Å². The van der Waals surface area contributed by atoms with E-state index in [4.69, 9.17) is 16.3 Å². The fourth-order valence-corrected chi connectivity index (χ4v) is 3.32. The molecule has 3 rings (SSSR count). The van der Waals surface area contributed by atoms with Crippen LogP contribution in [-0.2, 0) is 6.42 Å². The van der Waals surface area contributed by atoms with E-state index in [0.717, 1.165) is 17.4 Å². The maximum absolute atomic E-state index is 12.4. The Kier molecular flexibility index (Phi) is 5.63. The van der Waals surface area contributed by atoms with E-state index >= 15 is 0 Å². The lowest BCUT2D eigenvalue weighted by molar-refractivity contribution is -0.385. The van der Waals surface area contributed by atoms with Gasteiger partial charge in [-0.25, -0.2) is 0 Å². The van der Waals surface area contributed by atoms with Crippen LogP contribution in [0.3, 0.4) is 0 Å². The highest BCUT2D eigenvalue weighted by molar-refractivity contribution is 7.15. The molecule has 1 heterocycles. The van der Waals surface area contributed by atoms with Gasteiger partial charge in [0.1, 0.15) is 16.3 Å². The van der Waals surface area contributed by atoms with Crippen LogP contribution >= 0.6 is 22.9 Å². The average Bonchev–Trinajstić information content (AvgIpc) is 3.08. The van der Waals surface area contributed by atoms with Gasteiger partial charge in [0.05, 0.1) is 12.0 Å². The van der Waals surface area contributed by atoms with Crippen LogP contribution in [0.25, 0.3) is 0 Å². The third-order valence-corrected chi connectivity index (χ3v) is 4.70. The first kappa shape index (κ1) is 18.7. The molecule has 138 valence electrons. The van der Waals surface area contributed by atoms with E-state index < -0.39 is 10.8 Å². The van der Waals surface area contributed by atoms with E-state index in [1.807, 2.05) is 24.3 Å². The second-order valence-electron chi connectivity index (χ2n) is 5.36. The number of hydrogen-bond acceptors (Lipinski definition) is 7. The summed E-state index contributed by atoms with van der Waals surface area (Å²) in [4.78, 5) is 22.8. The molecule has 8 nitrogen and oxygen atoms in total. The molecule has 0 spiro atoms. The number of anilines is 1. The van der Waals surface area contributed by atoms with Gasteiger partial charge in [-0.1, -0.05) is 41.1 Å². The van der Waals surface area contributed by atoms with Gasteiger partial charge in [-0.2, -0.15) is 0 Å². The third kappa shape index (κ3) is 4.39. The van der Waals surface area contributed by atoms with Gasteiger partial charge in [-0.3, -0.25) is 20.2 Å². The first-order valence-electron chi connectivity index (χ1n) is 7.67. The van der Waals surface area contributed by atoms with Crippen molar-refractivity contribution in [1.29, 1.82) is 0 Å². The maximum Gasteiger partial charge on any atom is 0.283 e. The molecule has 0 atom stereocenters. The van der Waals surface area contributed by atoms with E-state index in [9.17, 15) is 14.9 Å². The van der Waals surface area contributed by atoms with Gasteiger partial charge < -0.3 is 4.74 Å². The average molecular weight is 405 g/mol. The molecule has 27 heavy (non-hydrogen) atoms. The van der Waals surface area contributed by atoms with Crippen molar-refractivity contribution in [2.75, 3.05) is 12.4 Å². The van der Waals surface area contributed by atoms with Crippen molar-refractivity contribution >= 4 is 39.7 Å². The number of amides is 1. The fraction of sp³-hybridized carbons (Fsp3) is 0.118. The van der Waals surface area contributed by atoms with E-state index in [-0.39, 0.29) is 21.4 Å². The number of halogens is 1. The Bertz CT molecular complexity index is 1010. The number of nitrogens with one attached hydrogen (secondary N) is 1. The van der Waals surface area contributed by atoms with Gasteiger partial charge in [0.25, 0.3) is 11.6 Å². The molecule has 1 aromatic heterocycles. The number of carbonyl (C=O) groups excluding carboxylic acids is 1. The number of para-hydroxylation sites is 1. The number of nitrogens with zero attached hydrogens (tertiary/aromatic N) is 3. The Labute approximate surface area is 162 Å². The number of aromatic nitrogens is 2. The van der Waals surface area contributed by atoms with Crippen LogP contribution in [0.15, 0.2) is 42.5 Å². The van der Waals surface area contributed by atoms with Crippen molar-refractivity contribution < 1.29 is 14.5 Å². The van der Waals surface area contributed by atoms with Crippen molar-refractivity contribution in [1.82, 2.24) is 10.2 Å². The largest absolute Gasteiger partial charge is 0.496 e. The summed E-state index contributed by atoms with van der Waals surface area (Å²) in [6, 6.07) is 11.4. The molecule has 2 aromatic carbocycles. The Morgan fingerprint density at radius 3 is 2.81 bits per heavy atom. The first-order chi connectivity index (χ1) is 13.0. The number of rotatable bonds is 6. The maximum atomic E-state index is 12.4. The van der Waals surface area contributed by atoms with Crippen molar-refractivity contribution in [3.05, 3.63) is 73.7 Å². The molecule has 0 aliphatic rings. The monoisotopic (exact) mass is 404 g/mol. The number of hydrogen-bond donors (Lipinski definition) is 1. The molecule has 1 N–H and O–H groups in total. The SMILES string of the molecule is COc1ccccc1Cc1nnc(NC(=O)c2ccc(Cl)cc2[N+](=O)[O-])s1. The molecule has 1 amide bonds. The van der Waals surface area contributed by atoms with E-state index in [0.29, 0.717) is 11.4 Å². The number of benzene rings is 2. The Morgan fingerprint density at radius 1 is 1.30 bits per heavy atom. The lowest BCUT2D eigenvalue weighted by Crippen LogP contribution is -2.13. The molecule has 0 aliphatic heterocycles. The van der Waals surface area contributed by atoms with Gasteiger partial charge in [0.2, 0.25) is 5.13 Å². The Morgan fingerprint density at radius 2 is 2.07 bits per heavy atom. The van der Waals surface area contributed by atoms with E-state index in [1.165, 1.54) is 23.5 Å². The molecule has 0 aliphatic carbocycles. The van der Waals surface area contributed by atoms with Crippen LogP contribution in [0.2, 0.25) is 5.02 Å². The zero-order valence-electron chi connectivity index (χ0n) is 14.0. The fourth-order valence-electron chi connectivity index (χ4n) is 2.40. The standard InChI is InChI=1S/C17H13ClN4O4S/c1-26-14-5-3-2-4-10(14)8-15-20-21-17(27-15)19-16(23)12-7-6-11(18)9-13(12)22(24)25/h2-7,9H,8H2,1H3,(H,19,21,23). The van der Waals surface area contributed by atoms with Crippen LogP contribution in [0.4, 0.5) is 10.8 Å². The van der Waals surface area contributed by atoms with Crippen LogP contribution in [0.5, 0.6) is 5.75 Å². The number of carbonyl (C=O) groups is 1. The zero-order valence-corrected chi connectivity index (χ0v) is 15.6. The minimum Gasteiger partial charge on any atom is -0.496 e. The van der Waals surface area contributed by atoms with Gasteiger partial charge in [-0.15, -0.1) is 10.2 Å². The second-order valence-corrected chi connectivity index (χ2v) is 6.86. The highest BCUT2D eigenvalue weighted by atomic mass is 35.5. The smallest absolute Gasteiger partial charge is 0.283 e. The number of nitro groups is 1. The summed E-state index contributed by atoms with van der Waals surface area (Å²) in [6.45, 7) is 0. The summed E-state index contributed by atoms with van der Waals surface area (Å²) >= 11 is 6.95. The van der Waals surface area contributed by atoms with Gasteiger partial charge in [0, 0.05) is 23.1 Å². The lowest BCUT2D eigenvalue weighted by Gasteiger charge is -2.05. The van der Waals surface area contributed by atoms with Crippen LogP contribution in [-0.4, -0.2) is 28.1 Å². The minimum atomic E-state index is -0.659. The van der Waals surface area contributed by atoms with Gasteiger partial charge in [-0.05, 0) is 18.2 Å². The summed E-state index contributed by atoms with van der Waals surface area (Å²) in [5, 5.41) is 22.7. The van der Waals surface area contributed by atoms with Crippen molar-refractivity contribution in [3.63, 3.8) is 0 Å². The van der Waals surface area contributed by atoms with Gasteiger partial charge in [0.15, 0.2) is 0 Å². The number of methoxy groups -OCH3 is 1. The highest BCUT2D eigenvalue weighted by Gasteiger charge is 2.21. The Hall–Kier alpha value is -3.04. The summed E-state index contributed by atoms with van der Waals surface area (Å²) in [5.41, 5.74) is 0.451. The zero-order chi connectivity index (χ0) is 19.4. The molecule has 0 unspecified atom stereocenters. The molecule has 0 saturated carbocycles. The van der Waals surface area contributed by atoms with Crippen LogP contribution < -0.4 is 10.1 Å². The van der Waals surface area contributed by atoms with Crippen molar-refractivity contribution in [2.24, 2.45) is 0 Å². The second kappa shape index (κ2) is 8.11. The summed E-state index contributed by atoms with van der Waals surface area (Å²) in [5.74, 6) is 0.0773. The summed E-state index contributed by atoms with van der Waals surface area (Å²) < 4.78 is 5.30. The minimum absolute atomic E-state index is 0.106. The van der Waals surface area contributed by atoms with Crippen molar-refractivity contribution in [2.45, 2.75) is 6.42 Å². The molecule has 10 heteroatoms. The highest BCUT2D eigenvalue weighted by Crippen LogP contribution is 2.26. The van der Waals surface area contributed by atoms with E-state index in [1.54, 1.807) is 7.11 Å². The van der Waals surface area contributed by atoms with Gasteiger partial charge >= 0.3 is 0 Å². The quantitative estimate of drug-likeness (QED) is 0.492.